The first-order valence-corrected chi connectivity index (χ1v) is 5.81. The maximum atomic E-state index is 9.56. The van der Waals surface area contributed by atoms with Crippen LogP contribution in [-0.4, -0.2) is 42.7 Å². The summed E-state index contributed by atoms with van der Waals surface area (Å²) in [5, 5.41) is 0. The molecule has 0 saturated carbocycles. The van der Waals surface area contributed by atoms with E-state index in [1.165, 1.54) is 0 Å². The van der Waals surface area contributed by atoms with Gasteiger partial charge in [0.05, 0.1) is 0 Å². The van der Waals surface area contributed by atoms with Crippen LogP contribution in [-0.2, 0) is 43.2 Å². The fraction of sp³-hybridized carbons (Fsp3) is 0. The Morgan fingerprint density at radius 2 is 1.12 bits per heavy atom. The molecule has 2 unspecified atom stereocenters. The van der Waals surface area contributed by atoms with Crippen molar-refractivity contribution >= 4 is 60.3 Å². The Morgan fingerprint density at radius 3 is 1.12 bits per heavy atom. The fourth-order valence-corrected chi connectivity index (χ4v) is 0. The fourth-order valence-electron chi connectivity index (χ4n) is 0. The van der Waals surface area contributed by atoms with Gasteiger partial charge in [-0.25, -0.2) is 0 Å². The van der Waals surface area contributed by atoms with E-state index in [2.05, 4.69) is 17.6 Å². The Hall–Kier alpha value is 3.18. The minimum absolute atomic E-state index is 0. The van der Waals surface area contributed by atoms with Crippen LogP contribution in [0, 0.1) is 0 Å². The molecule has 0 aromatic carbocycles. The first-order chi connectivity index (χ1) is 1.73. The number of rotatable bonds is 0. The SMILES string of the molecule is O=[Si](P)P.[AlH3].[AlH3].[Fe].[Ti]. The Balaban J connectivity index is -0.00000000750. The molecule has 48 valence electrons. The van der Waals surface area contributed by atoms with Gasteiger partial charge in [-0.15, -0.1) is 0 Å². The van der Waals surface area contributed by atoms with Gasteiger partial charge in [0.2, 0.25) is 0 Å². The molecule has 8 heavy (non-hydrogen) atoms. The molecule has 0 spiro atoms. The van der Waals surface area contributed by atoms with Gasteiger partial charge in [-0.05, 0) is 0 Å². The Morgan fingerprint density at radius 1 is 1.12 bits per heavy atom. The van der Waals surface area contributed by atoms with Crippen LogP contribution >= 0.6 is 17.6 Å². The van der Waals surface area contributed by atoms with Gasteiger partial charge in [0.25, 0.3) is 0 Å². The summed E-state index contributed by atoms with van der Waals surface area (Å²) in [6.07, 6.45) is 0. The third-order valence-electron chi connectivity index (χ3n) is 0. The molecule has 0 N–H and O–H groups in total. The van der Waals surface area contributed by atoms with Crippen LogP contribution in [0.25, 0.3) is 0 Å². The molecule has 0 amide bonds. The third-order valence-corrected chi connectivity index (χ3v) is 0. The Kier molecular flexibility index (Phi) is 85.2. The summed E-state index contributed by atoms with van der Waals surface area (Å²) in [5.74, 6) is 0. The maximum absolute atomic E-state index is 9.56. The third kappa shape index (κ3) is 60.8. The summed E-state index contributed by atoms with van der Waals surface area (Å²) >= 11 is 0. The molecule has 0 fully saturated rings. The molecule has 0 saturated heterocycles. The molecule has 1 nitrogen and oxygen atoms in total. The van der Waals surface area contributed by atoms with Crippen LogP contribution < -0.4 is 0 Å². The average Bonchev–Trinajstić information content (AvgIpc) is 0.811. The molecular formula is H10Al2FeOP2SiTi. The second kappa shape index (κ2) is 22.5. The van der Waals surface area contributed by atoms with Crippen molar-refractivity contribution in [3.05, 3.63) is 0 Å². The molecule has 0 aromatic rings. The van der Waals surface area contributed by atoms with Crippen LogP contribution in [0.3, 0.4) is 0 Å². The van der Waals surface area contributed by atoms with Crippen LogP contribution in [0.4, 0.5) is 0 Å². The van der Waals surface area contributed by atoms with E-state index in [0.717, 1.165) is 0 Å². The molecule has 0 bridgehead atoms. The molecular weight excluding hydrogens is 264 g/mol. The molecule has 8 heteroatoms. The van der Waals surface area contributed by atoms with Crippen LogP contribution in [0.15, 0.2) is 0 Å². The number of hydrogen-bond donors (Lipinski definition) is 0. The maximum Gasteiger partial charge on any atom is 0.317 e. The number of hydrogen-bond acceptors (Lipinski definition) is 1. The molecule has 0 rings (SSSR count). The smallest absolute Gasteiger partial charge is 0.317 e. The first-order valence-electron chi connectivity index (χ1n) is 0.781. The molecule has 0 aromatic heterocycles. The van der Waals surface area contributed by atoms with Gasteiger partial charge in [0, 0.05) is 38.8 Å². The van der Waals surface area contributed by atoms with Gasteiger partial charge in [0.15, 0.2) is 34.7 Å². The van der Waals surface area contributed by atoms with E-state index in [4.69, 9.17) is 0 Å². The topological polar surface area (TPSA) is 17.1 Å². The quantitative estimate of drug-likeness (QED) is 0.361. The summed E-state index contributed by atoms with van der Waals surface area (Å²) < 4.78 is 9.56. The summed E-state index contributed by atoms with van der Waals surface area (Å²) in [6.45, 7) is 0. The van der Waals surface area contributed by atoms with E-state index in [-0.39, 0.29) is 73.5 Å². The molecule has 2 atom stereocenters. The average molecular weight is 274 g/mol. The van der Waals surface area contributed by atoms with E-state index in [9.17, 15) is 4.46 Å². The van der Waals surface area contributed by atoms with Gasteiger partial charge in [-0.3, -0.25) is 0 Å². The second-order valence-corrected chi connectivity index (χ2v) is 6.62. The largest absolute Gasteiger partial charge is 0.378 e. The van der Waals surface area contributed by atoms with Crippen molar-refractivity contribution in [2.75, 3.05) is 0 Å². The van der Waals surface area contributed by atoms with E-state index in [1.807, 2.05) is 0 Å². The molecule has 0 heterocycles. The summed E-state index contributed by atoms with van der Waals surface area (Å²) in [4.78, 5) is 0. The Labute approximate surface area is 102 Å². The van der Waals surface area contributed by atoms with Crippen molar-refractivity contribution in [1.29, 1.82) is 0 Å². The van der Waals surface area contributed by atoms with Crippen molar-refractivity contribution in [2.45, 2.75) is 0 Å². The zero-order chi connectivity index (χ0) is 3.58. The van der Waals surface area contributed by atoms with Crippen molar-refractivity contribution in [3.63, 3.8) is 0 Å². The van der Waals surface area contributed by atoms with E-state index in [1.54, 1.807) is 0 Å². The second-order valence-electron chi connectivity index (χ2n) is 0.402. The van der Waals surface area contributed by atoms with E-state index < -0.39 is 8.02 Å². The van der Waals surface area contributed by atoms with Crippen molar-refractivity contribution in [1.82, 2.24) is 0 Å². The predicted molar refractivity (Wildman–Crippen MR) is 45.7 cm³/mol. The minimum Gasteiger partial charge on any atom is -0.378 e. The van der Waals surface area contributed by atoms with Gasteiger partial charge in [-0.1, -0.05) is 17.6 Å². The minimum atomic E-state index is -1.30. The summed E-state index contributed by atoms with van der Waals surface area (Å²) in [5.41, 5.74) is 0. The van der Waals surface area contributed by atoms with Crippen LogP contribution in [0.5, 0.6) is 0 Å². The molecule has 0 aliphatic rings. The Bertz CT molecular complexity index is 43.0. The van der Waals surface area contributed by atoms with E-state index in [0.29, 0.717) is 0 Å². The zero-order valence-electron chi connectivity index (χ0n) is 2.92. The van der Waals surface area contributed by atoms with Crippen LogP contribution in [0.1, 0.15) is 0 Å². The van der Waals surface area contributed by atoms with E-state index >= 15 is 0 Å². The molecule has 0 radical (unpaired) electrons. The standard InChI is InChI=1S/2Al.Fe.H4OP2Si.Ti.6H/c;;;1-4(2)3;;;;;;;/h;;;2-3H2;;;;;;;. The van der Waals surface area contributed by atoms with Crippen molar-refractivity contribution in [3.8, 4) is 0 Å². The van der Waals surface area contributed by atoms with Gasteiger partial charge < -0.3 is 4.46 Å². The summed E-state index contributed by atoms with van der Waals surface area (Å²) in [7, 11) is 3.04. The monoisotopic (exact) mass is 274 g/mol. The normalized spacial score (nSPS) is 3.25. The van der Waals surface area contributed by atoms with Crippen LogP contribution in [0.2, 0.25) is 0 Å². The van der Waals surface area contributed by atoms with Gasteiger partial charge >= 0.3 is 8.02 Å². The zero-order valence-corrected chi connectivity index (χ0v) is 8.89. The van der Waals surface area contributed by atoms with Gasteiger partial charge in [-0.2, -0.15) is 0 Å². The van der Waals surface area contributed by atoms with Crippen molar-refractivity contribution in [2.24, 2.45) is 0 Å². The van der Waals surface area contributed by atoms with Crippen molar-refractivity contribution < 1.29 is 43.2 Å². The van der Waals surface area contributed by atoms with Gasteiger partial charge in [0.1, 0.15) is 0 Å². The molecule has 0 aliphatic carbocycles. The first kappa shape index (κ1) is 30.3. The molecule has 0 aliphatic heterocycles. The predicted octanol–water partition coefficient (Wildman–Crippen LogP) is -2.22. The summed E-state index contributed by atoms with van der Waals surface area (Å²) in [6, 6.07) is 0.